The molecule has 5 rings (SSSR count). The second kappa shape index (κ2) is 10.6. The largest absolute Gasteiger partial charge is 0.326 e. The predicted molar refractivity (Wildman–Crippen MR) is 137 cm³/mol. The van der Waals surface area contributed by atoms with Crippen LogP contribution in [0.5, 0.6) is 0 Å². The molecular formula is C28H30N6O. The van der Waals surface area contributed by atoms with E-state index < -0.39 is 0 Å². The van der Waals surface area contributed by atoms with Crippen LogP contribution in [0.25, 0.3) is 22.5 Å². The Hall–Kier alpha value is -3.92. The number of rotatable bonds is 8. The summed E-state index contributed by atoms with van der Waals surface area (Å²) in [5.41, 5.74) is 6.16. The molecule has 178 valence electrons. The number of tetrazole rings is 1. The lowest BCUT2D eigenvalue weighted by Crippen LogP contribution is -2.19. The van der Waals surface area contributed by atoms with E-state index in [2.05, 4.69) is 55.8 Å². The lowest BCUT2D eigenvalue weighted by Gasteiger charge is -2.21. The van der Waals surface area contributed by atoms with Gasteiger partial charge in [0.05, 0.1) is 6.54 Å². The highest BCUT2D eigenvalue weighted by atomic mass is 16.1. The van der Waals surface area contributed by atoms with Gasteiger partial charge in [0.2, 0.25) is 5.82 Å². The number of hydrogen-bond donors (Lipinski definition) is 2. The van der Waals surface area contributed by atoms with Crippen molar-refractivity contribution in [2.75, 3.05) is 0 Å². The van der Waals surface area contributed by atoms with Gasteiger partial charge >= 0.3 is 5.69 Å². The molecule has 0 aliphatic heterocycles. The van der Waals surface area contributed by atoms with Gasteiger partial charge in [-0.25, -0.2) is 4.79 Å². The number of nitrogens with zero attached hydrogens (tertiary/aromatic N) is 4. The van der Waals surface area contributed by atoms with Crippen LogP contribution in [0, 0.1) is 18.3 Å². The normalized spacial score (nSPS) is 14.1. The Bertz CT molecular complexity index is 1350. The zero-order chi connectivity index (χ0) is 24.0. The highest BCUT2D eigenvalue weighted by Gasteiger charge is 2.20. The van der Waals surface area contributed by atoms with Gasteiger partial charge in [-0.2, -0.15) is 5.21 Å². The fourth-order valence-electron chi connectivity index (χ4n) is 5.22. The van der Waals surface area contributed by atoms with Crippen molar-refractivity contribution in [1.29, 1.82) is 0 Å². The lowest BCUT2D eigenvalue weighted by molar-refractivity contribution is 0.353. The zero-order valence-electron chi connectivity index (χ0n) is 19.8. The number of imidazole rings is 1. The maximum absolute atomic E-state index is 13.0. The van der Waals surface area contributed by atoms with Gasteiger partial charge in [-0.1, -0.05) is 80.6 Å². The smallest absolute Gasteiger partial charge is 0.310 e. The summed E-state index contributed by atoms with van der Waals surface area (Å²) in [6.07, 6.45) is 14.3. The SMILES string of the molecule is C#CCCc1c(CC2CCCCC2)[nH]c(=O)n1Cc1ccc(-c2ccccc2-c2nn[nH]n2)cc1. The molecule has 0 radical (unpaired) electrons. The molecule has 2 heterocycles. The van der Waals surface area contributed by atoms with Crippen molar-refractivity contribution < 1.29 is 0 Å². The van der Waals surface area contributed by atoms with E-state index in [0.29, 0.717) is 31.1 Å². The number of H-pyrrole nitrogens is 2. The highest BCUT2D eigenvalue weighted by molar-refractivity contribution is 5.80. The summed E-state index contributed by atoms with van der Waals surface area (Å²) in [6.45, 7) is 0.521. The molecule has 1 aliphatic rings. The summed E-state index contributed by atoms with van der Waals surface area (Å²) in [5.74, 6) is 3.96. The molecule has 1 aliphatic carbocycles. The van der Waals surface area contributed by atoms with Gasteiger partial charge in [0.1, 0.15) is 0 Å². The molecule has 0 amide bonds. The molecule has 2 aromatic heterocycles. The van der Waals surface area contributed by atoms with E-state index in [0.717, 1.165) is 40.1 Å². The molecule has 2 N–H and O–H groups in total. The quantitative estimate of drug-likeness (QED) is 0.366. The van der Waals surface area contributed by atoms with Crippen LogP contribution in [-0.2, 0) is 19.4 Å². The Labute approximate surface area is 205 Å². The predicted octanol–water partition coefficient (Wildman–Crippen LogP) is 4.76. The monoisotopic (exact) mass is 466 g/mol. The molecule has 7 heteroatoms. The Balaban J connectivity index is 1.40. The van der Waals surface area contributed by atoms with Crippen molar-refractivity contribution in [3.63, 3.8) is 0 Å². The number of nitrogens with one attached hydrogen (secondary N) is 2. The molecule has 0 spiro atoms. The van der Waals surface area contributed by atoms with Crippen LogP contribution in [0.4, 0.5) is 0 Å². The highest BCUT2D eigenvalue weighted by Crippen LogP contribution is 2.30. The molecule has 0 bridgehead atoms. The first kappa shape index (κ1) is 22.9. The van der Waals surface area contributed by atoms with Gasteiger partial charge in [0, 0.05) is 29.8 Å². The van der Waals surface area contributed by atoms with Crippen molar-refractivity contribution in [2.24, 2.45) is 5.92 Å². The third-order valence-corrected chi connectivity index (χ3v) is 7.02. The average molecular weight is 467 g/mol. The van der Waals surface area contributed by atoms with E-state index in [-0.39, 0.29) is 5.69 Å². The molecule has 1 saturated carbocycles. The fourth-order valence-corrected chi connectivity index (χ4v) is 5.22. The van der Waals surface area contributed by atoms with Crippen LogP contribution in [0.15, 0.2) is 53.3 Å². The van der Waals surface area contributed by atoms with Crippen molar-refractivity contribution in [3.8, 4) is 34.9 Å². The second-order valence-electron chi connectivity index (χ2n) is 9.33. The van der Waals surface area contributed by atoms with Crippen LogP contribution in [0.1, 0.15) is 55.5 Å². The molecule has 35 heavy (non-hydrogen) atoms. The first-order valence-corrected chi connectivity index (χ1v) is 12.4. The Morgan fingerprint density at radius 3 is 2.51 bits per heavy atom. The molecule has 0 saturated heterocycles. The number of terminal acetylenes is 1. The van der Waals surface area contributed by atoms with E-state index in [1.807, 2.05) is 28.8 Å². The van der Waals surface area contributed by atoms with Gasteiger partial charge < -0.3 is 4.98 Å². The summed E-state index contributed by atoms with van der Waals surface area (Å²) in [5, 5.41) is 14.5. The number of aromatic amines is 2. The lowest BCUT2D eigenvalue weighted by atomic mass is 9.85. The van der Waals surface area contributed by atoms with Crippen molar-refractivity contribution in [1.82, 2.24) is 30.2 Å². The molecule has 7 nitrogen and oxygen atoms in total. The first-order chi connectivity index (χ1) is 17.2. The van der Waals surface area contributed by atoms with Crippen molar-refractivity contribution >= 4 is 0 Å². The summed E-state index contributed by atoms with van der Waals surface area (Å²) in [7, 11) is 0. The van der Waals surface area contributed by atoms with Crippen molar-refractivity contribution in [3.05, 3.63) is 76.0 Å². The molecule has 0 atom stereocenters. The summed E-state index contributed by atoms with van der Waals surface area (Å²) in [6, 6.07) is 16.3. The minimum absolute atomic E-state index is 0.0469. The van der Waals surface area contributed by atoms with E-state index in [9.17, 15) is 4.79 Å². The molecule has 4 aromatic rings. The van der Waals surface area contributed by atoms with Gasteiger partial charge in [0.15, 0.2) is 0 Å². The fraction of sp³-hybridized carbons (Fsp3) is 0.357. The summed E-state index contributed by atoms with van der Waals surface area (Å²) >= 11 is 0. The Morgan fingerprint density at radius 1 is 1.03 bits per heavy atom. The minimum Gasteiger partial charge on any atom is -0.310 e. The molecular weight excluding hydrogens is 436 g/mol. The summed E-state index contributed by atoms with van der Waals surface area (Å²) in [4.78, 5) is 16.1. The van der Waals surface area contributed by atoms with Crippen LogP contribution in [-0.4, -0.2) is 30.2 Å². The maximum atomic E-state index is 13.0. The minimum atomic E-state index is -0.0469. The topological polar surface area (TPSA) is 92.2 Å². The summed E-state index contributed by atoms with van der Waals surface area (Å²) < 4.78 is 1.87. The Kier molecular flexibility index (Phi) is 6.89. The zero-order valence-corrected chi connectivity index (χ0v) is 19.8. The molecule has 0 unspecified atom stereocenters. The van der Waals surface area contributed by atoms with E-state index >= 15 is 0 Å². The van der Waals surface area contributed by atoms with E-state index in [1.165, 1.54) is 32.1 Å². The molecule has 2 aromatic carbocycles. The van der Waals surface area contributed by atoms with Crippen LogP contribution < -0.4 is 5.69 Å². The van der Waals surface area contributed by atoms with E-state index in [4.69, 9.17) is 6.42 Å². The number of benzene rings is 2. The molecule has 1 fully saturated rings. The van der Waals surface area contributed by atoms with Crippen LogP contribution >= 0.6 is 0 Å². The van der Waals surface area contributed by atoms with Crippen molar-refractivity contribution in [2.45, 2.75) is 57.9 Å². The third kappa shape index (κ3) is 5.12. The van der Waals surface area contributed by atoms with Crippen LogP contribution in [0.3, 0.4) is 0 Å². The number of hydrogen-bond acceptors (Lipinski definition) is 4. The first-order valence-electron chi connectivity index (χ1n) is 12.4. The average Bonchev–Trinajstić information content (AvgIpc) is 3.53. The van der Waals surface area contributed by atoms with Gasteiger partial charge in [0.25, 0.3) is 0 Å². The standard InChI is InChI=1S/C28H30N6O/c1-2-3-13-26-25(18-20-9-5-4-6-10-20)29-28(35)34(26)19-21-14-16-22(17-15-21)23-11-7-8-12-24(23)27-30-32-33-31-27/h1,7-8,11-12,14-17,20H,3-6,9-10,13,18-19H2,(H,29,35)(H,30,31,32,33). The van der Waals surface area contributed by atoms with Gasteiger partial charge in [-0.15, -0.1) is 22.5 Å². The van der Waals surface area contributed by atoms with Gasteiger partial charge in [-0.3, -0.25) is 4.57 Å². The Morgan fingerprint density at radius 2 is 1.80 bits per heavy atom. The van der Waals surface area contributed by atoms with E-state index in [1.54, 1.807) is 0 Å². The van der Waals surface area contributed by atoms with Gasteiger partial charge in [-0.05, 0) is 34.2 Å². The maximum Gasteiger partial charge on any atom is 0.326 e. The third-order valence-electron chi connectivity index (χ3n) is 7.02. The van der Waals surface area contributed by atoms with Crippen LogP contribution in [0.2, 0.25) is 0 Å². The number of aromatic nitrogens is 6. The second-order valence-corrected chi connectivity index (χ2v) is 9.33.